The van der Waals surface area contributed by atoms with Crippen molar-refractivity contribution < 1.29 is 17.9 Å². The molecule has 34 heavy (non-hydrogen) atoms. The third-order valence-electron chi connectivity index (χ3n) is 5.05. The number of ether oxygens (including phenoxy) is 1. The fraction of sp³-hybridized carbons (Fsp3) is 0.120. The molecule has 174 valence electrons. The Hall–Kier alpha value is -3.69. The highest BCUT2D eigenvalue weighted by atomic mass is 32.2. The van der Waals surface area contributed by atoms with Crippen LogP contribution in [0, 0.1) is 6.92 Å². The Labute approximate surface area is 202 Å². The molecule has 0 atom stereocenters. The lowest BCUT2D eigenvalue weighted by Crippen LogP contribution is -2.31. The highest BCUT2D eigenvalue weighted by Gasteiger charge is 2.28. The molecule has 0 aliphatic rings. The van der Waals surface area contributed by atoms with Gasteiger partial charge in [-0.25, -0.2) is 13.4 Å². The molecule has 0 saturated carbocycles. The van der Waals surface area contributed by atoms with Gasteiger partial charge in [0.1, 0.15) is 5.75 Å². The number of rotatable bonds is 8. The van der Waals surface area contributed by atoms with Crippen molar-refractivity contribution in [3.8, 4) is 5.75 Å². The maximum atomic E-state index is 13.9. The summed E-state index contributed by atoms with van der Waals surface area (Å²) in [6.45, 7) is 1.98. The Morgan fingerprint density at radius 2 is 1.76 bits per heavy atom. The summed E-state index contributed by atoms with van der Waals surface area (Å²) in [7, 11) is -2.55. The second kappa shape index (κ2) is 10.1. The summed E-state index contributed by atoms with van der Waals surface area (Å²) in [5, 5.41) is 3.17. The van der Waals surface area contributed by atoms with E-state index in [1.807, 2.05) is 37.3 Å². The predicted molar refractivity (Wildman–Crippen MR) is 134 cm³/mol. The van der Waals surface area contributed by atoms with Crippen LogP contribution in [0.4, 0.5) is 10.8 Å². The molecule has 3 aromatic carbocycles. The first kappa shape index (κ1) is 23.5. The number of benzene rings is 3. The first-order chi connectivity index (χ1) is 16.4. The number of thiazole rings is 1. The number of anilines is 2. The van der Waals surface area contributed by atoms with Gasteiger partial charge in [-0.1, -0.05) is 48.5 Å². The quantitative estimate of drug-likeness (QED) is 0.369. The van der Waals surface area contributed by atoms with Crippen molar-refractivity contribution in [2.75, 3.05) is 16.7 Å². The van der Waals surface area contributed by atoms with Gasteiger partial charge in [0.2, 0.25) is 0 Å². The normalized spacial score (nSPS) is 11.1. The molecule has 0 saturated heterocycles. The van der Waals surface area contributed by atoms with Crippen molar-refractivity contribution in [3.05, 3.63) is 101 Å². The van der Waals surface area contributed by atoms with Crippen molar-refractivity contribution >= 4 is 38.1 Å². The molecule has 0 bridgehead atoms. The standard InChI is InChI=1S/C25H23N3O4S2/c1-18-16-26-25(33-18)27-24(29)20-11-8-12-21(15-20)34(30,31)28(17-19-9-4-3-5-10-19)22-13-6-7-14-23(22)32-2/h3-16H,17H2,1-2H3,(H,26,27,29). The van der Waals surface area contributed by atoms with E-state index in [0.717, 1.165) is 10.4 Å². The van der Waals surface area contributed by atoms with Crippen LogP contribution >= 0.6 is 11.3 Å². The number of aryl methyl sites for hydroxylation is 1. The molecule has 1 heterocycles. The molecular formula is C25H23N3O4S2. The lowest BCUT2D eigenvalue weighted by Gasteiger charge is -2.26. The third kappa shape index (κ3) is 5.11. The number of carbonyl (C=O) groups excluding carboxylic acids is 1. The Morgan fingerprint density at radius 1 is 1.03 bits per heavy atom. The molecule has 1 N–H and O–H groups in total. The van der Waals surface area contributed by atoms with E-state index in [2.05, 4.69) is 10.3 Å². The smallest absolute Gasteiger partial charge is 0.264 e. The number of amides is 1. The monoisotopic (exact) mass is 493 g/mol. The van der Waals surface area contributed by atoms with E-state index in [9.17, 15) is 13.2 Å². The lowest BCUT2D eigenvalue weighted by molar-refractivity contribution is 0.102. The zero-order valence-electron chi connectivity index (χ0n) is 18.6. The van der Waals surface area contributed by atoms with Crippen LogP contribution in [-0.2, 0) is 16.6 Å². The number of para-hydroxylation sites is 2. The molecule has 1 aromatic heterocycles. The molecule has 0 aliphatic carbocycles. The van der Waals surface area contributed by atoms with Gasteiger partial charge in [-0.3, -0.25) is 14.4 Å². The van der Waals surface area contributed by atoms with Gasteiger partial charge >= 0.3 is 0 Å². The minimum Gasteiger partial charge on any atom is -0.495 e. The summed E-state index contributed by atoms with van der Waals surface area (Å²) in [6.07, 6.45) is 1.66. The van der Waals surface area contributed by atoms with Gasteiger partial charge in [0.15, 0.2) is 5.13 Å². The number of hydrogen-bond acceptors (Lipinski definition) is 6. The molecule has 9 heteroatoms. The maximum absolute atomic E-state index is 13.9. The lowest BCUT2D eigenvalue weighted by atomic mass is 10.2. The van der Waals surface area contributed by atoms with E-state index < -0.39 is 15.9 Å². The van der Waals surface area contributed by atoms with Crippen LogP contribution in [0.3, 0.4) is 0 Å². The number of sulfonamides is 1. The summed E-state index contributed by atoms with van der Waals surface area (Å²) < 4.78 is 34.5. The van der Waals surface area contributed by atoms with Crippen LogP contribution in [0.15, 0.2) is 90.0 Å². The zero-order valence-corrected chi connectivity index (χ0v) is 20.3. The van der Waals surface area contributed by atoms with Crippen LogP contribution in [0.1, 0.15) is 20.8 Å². The van der Waals surface area contributed by atoms with Gasteiger partial charge in [0.05, 0.1) is 24.2 Å². The molecule has 0 fully saturated rings. The van der Waals surface area contributed by atoms with Gasteiger partial charge in [-0.05, 0) is 42.8 Å². The molecule has 0 spiro atoms. The minimum absolute atomic E-state index is 0.00249. The summed E-state index contributed by atoms with van der Waals surface area (Å²) in [5.74, 6) is -0.00616. The first-order valence-corrected chi connectivity index (χ1v) is 12.7. The fourth-order valence-electron chi connectivity index (χ4n) is 3.39. The molecule has 4 rings (SSSR count). The molecule has 4 aromatic rings. The Bertz CT molecular complexity index is 1400. The van der Waals surface area contributed by atoms with E-state index in [4.69, 9.17) is 4.74 Å². The zero-order chi connectivity index (χ0) is 24.1. The highest BCUT2D eigenvalue weighted by Crippen LogP contribution is 2.34. The van der Waals surface area contributed by atoms with E-state index >= 15 is 0 Å². The largest absolute Gasteiger partial charge is 0.495 e. The molecule has 0 unspecified atom stereocenters. The second-order valence-corrected chi connectivity index (χ2v) is 10.5. The Balaban J connectivity index is 1.73. The molecule has 0 aliphatic heterocycles. The van der Waals surface area contributed by atoms with Crippen LogP contribution in [0.5, 0.6) is 5.75 Å². The summed E-state index contributed by atoms with van der Waals surface area (Å²) >= 11 is 1.34. The summed E-state index contributed by atoms with van der Waals surface area (Å²) in [4.78, 5) is 17.8. The summed E-state index contributed by atoms with van der Waals surface area (Å²) in [5.41, 5.74) is 1.43. The Kier molecular flexibility index (Phi) is 6.95. The SMILES string of the molecule is COc1ccccc1N(Cc1ccccc1)S(=O)(=O)c1cccc(C(=O)Nc2ncc(C)s2)c1. The topological polar surface area (TPSA) is 88.6 Å². The predicted octanol–water partition coefficient (Wildman–Crippen LogP) is 5.11. The van der Waals surface area contributed by atoms with Gasteiger partial charge in [-0.2, -0.15) is 0 Å². The van der Waals surface area contributed by atoms with E-state index in [-0.39, 0.29) is 17.0 Å². The number of nitrogens with one attached hydrogen (secondary N) is 1. The maximum Gasteiger partial charge on any atom is 0.264 e. The second-order valence-electron chi connectivity index (χ2n) is 7.43. The summed E-state index contributed by atoms with van der Waals surface area (Å²) in [6, 6.07) is 22.2. The fourth-order valence-corrected chi connectivity index (χ4v) is 5.56. The third-order valence-corrected chi connectivity index (χ3v) is 7.63. The van der Waals surface area contributed by atoms with E-state index in [1.54, 1.807) is 42.6 Å². The number of aromatic nitrogens is 1. The molecule has 7 nitrogen and oxygen atoms in total. The van der Waals surface area contributed by atoms with Crippen LogP contribution in [0.2, 0.25) is 0 Å². The van der Waals surface area contributed by atoms with Crippen LogP contribution in [-0.4, -0.2) is 26.4 Å². The number of nitrogens with zero attached hydrogens (tertiary/aromatic N) is 2. The highest BCUT2D eigenvalue weighted by molar-refractivity contribution is 7.92. The minimum atomic E-state index is -4.05. The van der Waals surface area contributed by atoms with Gasteiger partial charge < -0.3 is 4.74 Å². The van der Waals surface area contributed by atoms with Crippen molar-refractivity contribution in [2.24, 2.45) is 0 Å². The van der Waals surface area contributed by atoms with Crippen molar-refractivity contribution in [3.63, 3.8) is 0 Å². The van der Waals surface area contributed by atoms with Crippen LogP contribution in [0.25, 0.3) is 0 Å². The number of methoxy groups -OCH3 is 1. The molecular weight excluding hydrogens is 470 g/mol. The first-order valence-electron chi connectivity index (χ1n) is 10.4. The molecule has 0 radical (unpaired) electrons. The molecule has 1 amide bonds. The van der Waals surface area contributed by atoms with E-state index in [1.165, 1.54) is 34.9 Å². The van der Waals surface area contributed by atoms with E-state index in [0.29, 0.717) is 16.6 Å². The van der Waals surface area contributed by atoms with Crippen molar-refractivity contribution in [1.82, 2.24) is 4.98 Å². The van der Waals surface area contributed by atoms with Crippen molar-refractivity contribution in [2.45, 2.75) is 18.4 Å². The van der Waals surface area contributed by atoms with Crippen molar-refractivity contribution in [1.29, 1.82) is 0 Å². The average molecular weight is 494 g/mol. The van der Waals surface area contributed by atoms with Gasteiger partial charge in [0, 0.05) is 16.6 Å². The average Bonchev–Trinajstić information content (AvgIpc) is 3.27. The number of hydrogen-bond donors (Lipinski definition) is 1. The number of carbonyl (C=O) groups is 1. The van der Waals surface area contributed by atoms with Gasteiger partial charge in [-0.15, -0.1) is 11.3 Å². The van der Waals surface area contributed by atoms with Crippen LogP contribution < -0.4 is 14.4 Å². The Morgan fingerprint density at radius 3 is 2.47 bits per heavy atom. The van der Waals surface area contributed by atoms with Gasteiger partial charge in [0.25, 0.3) is 15.9 Å².